The zero-order valence-electron chi connectivity index (χ0n) is 7.24. The van der Waals surface area contributed by atoms with Crippen molar-refractivity contribution in [2.24, 2.45) is 5.73 Å². The topological polar surface area (TPSA) is 66.5 Å². The van der Waals surface area contributed by atoms with Crippen molar-refractivity contribution in [2.45, 2.75) is 19.1 Å². The number of aliphatic hydroxyl groups is 1. The number of aromatic hydroxyl groups is 1. The van der Waals surface area contributed by atoms with Crippen LogP contribution in [-0.4, -0.2) is 16.3 Å². The standard InChI is InChI=1S/C9H12FNO2/c1-5(12)8(11)6-3-2-4-7(10)9(6)13/h2-5,8,12-13H,11H2,1H3/t5-,8+/m1/s1. The first kappa shape index (κ1) is 9.95. The summed E-state index contributed by atoms with van der Waals surface area (Å²) in [7, 11) is 0. The van der Waals surface area contributed by atoms with Crippen molar-refractivity contribution >= 4 is 0 Å². The lowest BCUT2D eigenvalue weighted by Gasteiger charge is -2.16. The molecule has 0 aromatic heterocycles. The summed E-state index contributed by atoms with van der Waals surface area (Å²) in [5, 5.41) is 18.4. The van der Waals surface area contributed by atoms with Crippen LogP contribution < -0.4 is 5.73 Å². The molecule has 13 heavy (non-hydrogen) atoms. The van der Waals surface area contributed by atoms with E-state index in [1.54, 1.807) is 0 Å². The Bertz CT molecular complexity index is 302. The molecule has 0 saturated heterocycles. The van der Waals surface area contributed by atoms with Crippen LogP contribution >= 0.6 is 0 Å². The van der Waals surface area contributed by atoms with E-state index in [0.717, 1.165) is 6.07 Å². The van der Waals surface area contributed by atoms with Crippen LogP contribution in [0, 0.1) is 5.82 Å². The van der Waals surface area contributed by atoms with Crippen LogP contribution in [0.2, 0.25) is 0 Å². The van der Waals surface area contributed by atoms with E-state index >= 15 is 0 Å². The quantitative estimate of drug-likeness (QED) is 0.641. The number of halogens is 1. The molecule has 0 aliphatic rings. The fraction of sp³-hybridized carbons (Fsp3) is 0.333. The summed E-state index contributed by atoms with van der Waals surface area (Å²) in [5.74, 6) is -1.22. The van der Waals surface area contributed by atoms with E-state index in [9.17, 15) is 9.50 Å². The number of nitrogens with two attached hydrogens (primary N) is 1. The summed E-state index contributed by atoms with van der Waals surface area (Å²) in [5.41, 5.74) is 5.75. The average Bonchev–Trinajstić information content (AvgIpc) is 2.08. The molecule has 4 N–H and O–H groups in total. The van der Waals surface area contributed by atoms with Crippen LogP contribution in [0.3, 0.4) is 0 Å². The Balaban J connectivity index is 3.07. The highest BCUT2D eigenvalue weighted by atomic mass is 19.1. The predicted molar refractivity (Wildman–Crippen MR) is 46.7 cm³/mol. The molecule has 0 aliphatic carbocycles. The van der Waals surface area contributed by atoms with Crippen molar-refractivity contribution in [3.63, 3.8) is 0 Å². The Morgan fingerprint density at radius 2 is 2.08 bits per heavy atom. The Morgan fingerprint density at radius 3 is 2.62 bits per heavy atom. The monoisotopic (exact) mass is 185 g/mol. The highest BCUT2D eigenvalue weighted by molar-refractivity contribution is 5.36. The average molecular weight is 185 g/mol. The molecule has 0 bridgehead atoms. The van der Waals surface area contributed by atoms with Gasteiger partial charge in [0, 0.05) is 5.56 Å². The maximum Gasteiger partial charge on any atom is 0.165 e. The van der Waals surface area contributed by atoms with Gasteiger partial charge in [-0.25, -0.2) is 4.39 Å². The Morgan fingerprint density at radius 1 is 1.46 bits per heavy atom. The number of hydrogen-bond donors (Lipinski definition) is 3. The number of rotatable bonds is 2. The fourth-order valence-electron chi connectivity index (χ4n) is 1.06. The minimum Gasteiger partial charge on any atom is -0.505 e. The van der Waals surface area contributed by atoms with Gasteiger partial charge in [0.1, 0.15) is 0 Å². The molecule has 4 heteroatoms. The van der Waals surface area contributed by atoms with Gasteiger partial charge in [-0.2, -0.15) is 0 Å². The van der Waals surface area contributed by atoms with E-state index < -0.39 is 23.7 Å². The molecule has 1 aromatic carbocycles. The smallest absolute Gasteiger partial charge is 0.165 e. The number of para-hydroxylation sites is 1. The summed E-state index contributed by atoms with van der Waals surface area (Å²) in [6, 6.07) is 3.28. The van der Waals surface area contributed by atoms with E-state index in [1.165, 1.54) is 19.1 Å². The first-order valence-corrected chi connectivity index (χ1v) is 3.95. The second-order valence-electron chi connectivity index (χ2n) is 2.94. The van der Waals surface area contributed by atoms with Crippen LogP contribution in [0.15, 0.2) is 18.2 Å². The Kier molecular flexibility index (Phi) is 2.85. The number of hydrogen-bond acceptors (Lipinski definition) is 3. The van der Waals surface area contributed by atoms with Gasteiger partial charge in [0.15, 0.2) is 11.6 Å². The van der Waals surface area contributed by atoms with Gasteiger partial charge < -0.3 is 15.9 Å². The largest absolute Gasteiger partial charge is 0.505 e. The first-order chi connectivity index (χ1) is 6.04. The van der Waals surface area contributed by atoms with Crippen molar-refractivity contribution < 1.29 is 14.6 Å². The third-order valence-corrected chi connectivity index (χ3v) is 1.90. The summed E-state index contributed by atoms with van der Waals surface area (Å²) in [4.78, 5) is 0. The second kappa shape index (κ2) is 3.72. The van der Waals surface area contributed by atoms with Crippen LogP contribution in [0.4, 0.5) is 4.39 Å². The summed E-state index contributed by atoms with van der Waals surface area (Å²) >= 11 is 0. The zero-order chi connectivity index (χ0) is 10.0. The minimum atomic E-state index is -0.826. The Labute approximate surface area is 75.6 Å². The van der Waals surface area contributed by atoms with E-state index in [-0.39, 0.29) is 5.56 Å². The van der Waals surface area contributed by atoms with Gasteiger partial charge in [0.2, 0.25) is 0 Å². The predicted octanol–water partition coefficient (Wildman–Crippen LogP) is 0.912. The molecule has 3 nitrogen and oxygen atoms in total. The van der Waals surface area contributed by atoms with E-state index in [4.69, 9.17) is 10.8 Å². The molecule has 0 saturated carbocycles. The van der Waals surface area contributed by atoms with Crippen LogP contribution in [0.1, 0.15) is 18.5 Å². The molecule has 0 aliphatic heterocycles. The molecular weight excluding hydrogens is 173 g/mol. The highest BCUT2D eigenvalue weighted by Crippen LogP contribution is 2.26. The van der Waals surface area contributed by atoms with Gasteiger partial charge in [0.25, 0.3) is 0 Å². The Hall–Kier alpha value is -1.13. The van der Waals surface area contributed by atoms with E-state index in [2.05, 4.69) is 0 Å². The van der Waals surface area contributed by atoms with Gasteiger partial charge in [-0.3, -0.25) is 0 Å². The normalized spacial score (nSPS) is 15.4. The third-order valence-electron chi connectivity index (χ3n) is 1.90. The lowest BCUT2D eigenvalue weighted by atomic mass is 10.0. The van der Waals surface area contributed by atoms with Crippen LogP contribution in [0.5, 0.6) is 5.75 Å². The number of benzene rings is 1. The highest BCUT2D eigenvalue weighted by Gasteiger charge is 2.17. The molecule has 0 unspecified atom stereocenters. The molecule has 2 atom stereocenters. The van der Waals surface area contributed by atoms with E-state index in [0.29, 0.717) is 0 Å². The lowest BCUT2D eigenvalue weighted by Crippen LogP contribution is -2.23. The molecule has 0 radical (unpaired) electrons. The second-order valence-corrected chi connectivity index (χ2v) is 2.94. The minimum absolute atomic E-state index is 0.218. The van der Waals surface area contributed by atoms with Crippen molar-refractivity contribution in [1.82, 2.24) is 0 Å². The molecule has 1 rings (SSSR count). The SMILES string of the molecule is C[C@@H](O)[C@H](N)c1cccc(F)c1O. The number of phenols is 1. The summed E-state index contributed by atoms with van der Waals surface area (Å²) < 4.78 is 12.8. The molecule has 1 aromatic rings. The molecule has 0 spiro atoms. The van der Waals surface area contributed by atoms with Gasteiger partial charge in [0.05, 0.1) is 12.1 Å². The molecular formula is C9H12FNO2. The van der Waals surface area contributed by atoms with Gasteiger partial charge in [-0.05, 0) is 13.0 Å². The van der Waals surface area contributed by atoms with Crippen molar-refractivity contribution in [3.05, 3.63) is 29.6 Å². The van der Waals surface area contributed by atoms with E-state index in [1.807, 2.05) is 0 Å². The maximum absolute atomic E-state index is 12.8. The van der Waals surface area contributed by atoms with Crippen LogP contribution in [-0.2, 0) is 0 Å². The maximum atomic E-state index is 12.8. The van der Waals surface area contributed by atoms with Crippen molar-refractivity contribution in [3.8, 4) is 5.75 Å². The third kappa shape index (κ3) is 1.96. The summed E-state index contributed by atoms with van der Waals surface area (Å²) in [6.45, 7) is 1.48. The van der Waals surface area contributed by atoms with Crippen molar-refractivity contribution in [2.75, 3.05) is 0 Å². The van der Waals surface area contributed by atoms with Crippen molar-refractivity contribution in [1.29, 1.82) is 0 Å². The zero-order valence-corrected chi connectivity index (χ0v) is 7.24. The fourth-order valence-corrected chi connectivity index (χ4v) is 1.06. The molecule has 0 heterocycles. The molecule has 72 valence electrons. The van der Waals surface area contributed by atoms with Crippen LogP contribution in [0.25, 0.3) is 0 Å². The molecule has 0 fully saturated rings. The number of phenolic OH excluding ortho intramolecular Hbond substituents is 1. The molecule has 0 amide bonds. The first-order valence-electron chi connectivity index (χ1n) is 3.95. The summed E-state index contributed by atoms with van der Waals surface area (Å²) in [6.07, 6.45) is -0.826. The van der Waals surface area contributed by atoms with Gasteiger partial charge in [-0.1, -0.05) is 12.1 Å². The van der Waals surface area contributed by atoms with Gasteiger partial charge in [-0.15, -0.1) is 0 Å². The number of aliphatic hydroxyl groups excluding tert-OH is 1. The van der Waals surface area contributed by atoms with Gasteiger partial charge >= 0.3 is 0 Å². The lowest BCUT2D eigenvalue weighted by molar-refractivity contribution is 0.162.